The van der Waals surface area contributed by atoms with E-state index in [4.69, 9.17) is 9.41 Å². The van der Waals surface area contributed by atoms with Crippen molar-refractivity contribution in [3.05, 3.63) is 92.8 Å². The van der Waals surface area contributed by atoms with Crippen LogP contribution in [0.3, 0.4) is 0 Å². The molecule has 0 radical (unpaired) electrons. The SMILES string of the molecule is O=C1/C(=C/c2ccc(I)o2)SC(=Nc2ccccc2)N1Cc1ccccc1. The van der Waals surface area contributed by atoms with Gasteiger partial charge in [0.15, 0.2) is 8.93 Å². The van der Waals surface area contributed by atoms with E-state index < -0.39 is 0 Å². The molecule has 0 aliphatic carbocycles. The smallest absolute Gasteiger partial charge is 0.267 e. The second-order valence-corrected chi connectivity index (χ2v) is 7.93. The molecular formula is C21H15IN2O2S. The highest BCUT2D eigenvalue weighted by molar-refractivity contribution is 14.1. The summed E-state index contributed by atoms with van der Waals surface area (Å²) in [6, 6.07) is 23.3. The van der Waals surface area contributed by atoms with Crippen molar-refractivity contribution in [2.24, 2.45) is 4.99 Å². The van der Waals surface area contributed by atoms with E-state index in [1.54, 1.807) is 11.0 Å². The van der Waals surface area contributed by atoms with Crippen LogP contribution in [-0.4, -0.2) is 16.0 Å². The number of amides is 1. The average molecular weight is 486 g/mol. The maximum atomic E-state index is 13.0. The molecule has 0 N–H and O–H groups in total. The number of amidine groups is 1. The fourth-order valence-electron chi connectivity index (χ4n) is 2.64. The molecule has 0 unspecified atom stereocenters. The molecule has 3 aromatic rings. The standard InChI is InChI=1S/C21H15IN2O2S/c22-19-12-11-17(26-19)13-18-20(25)24(14-15-7-3-1-4-8-15)21(27-18)23-16-9-5-2-6-10-16/h1-13H,14H2/b18-13-,23-21?. The molecule has 1 aromatic heterocycles. The molecule has 0 atom stereocenters. The van der Waals surface area contributed by atoms with Crippen LogP contribution < -0.4 is 0 Å². The summed E-state index contributed by atoms with van der Waals surface area (Å²) in [6.45, 7) is 0.478. The van der Waals surface area contributed by atoms with Crippen LogP contribution in [0.15, 0.2) is 87.1 Å². The zero-order chi connectivity index (χ0) is 18.6. The Kier molecular flexibility index (Phi) is 5.45. The third-order valence-electron chi connectivity index (χ3n) is 3.92. The van der Waals surface area contributed by atoms with E-state index >= 15 is 0 Å². The van der Waals surface area contributed by atoms with Crippen molar-refractivity contribution in [2.75, 3.05) is 0 Å². The Hall–Kier alpha value is -2.32. The largest absolute Gasteiger partial charge is 0.451 e. The van der Waals surface area contributed by atoms with Crippen molar-refractivity contribution < 1.29 is 9.21 Å². The van der Waals surface area contributed by atoms with Gasteiger partial charge in [0.2, 0.25) is 0 Å². The molecular weight excluding hydrogens is 471 g/mol. The monoisotopic (exact) mass is 486 g/mol. The summed E-state index contributed by atoms with van der Waals surface area (Å²) in [5.74, 6) is 0.598. The van der Waals surface area contributed by atoms with E-state index in [2.05, 4.69) is 22.6 Å². The normalized spacial score (nSPS) is 17.2. The number of hydrogen-bond acceptors (Lipinski definition) is 4. The Morgan fingerprint density at radius 2 is 1.70 bits per heavy atom. The van der Waals surface area contributed by atoms with Gasteiger partial charge in [-0.05, 0) is 64.2 Å². The molecule has 1 fully saturated rings. The first-order valence-electron chi connectivity index (χ1n) is 8.33. The zero-order valence-electron chi connectivity index (χ0n) is 14.2. The minimum atomic E-state index is -0.0649. The predicted molar refractivity (Wildman–Crippen MR) is 118 cm³/mol. The number of carbonyl (C=O) groups excluding carboxylic acids is 1. The lowest BCUT2D eigenvalue weighted by Gasteiger charge is -2.15. The summed E-state index contributed by atoms with van der Waals surface area (Å²) >= 11 is 3.48. The van der Waals surface area contributed by atoms with E-state index in [-0.39, 0.29) is 5.91 Å². The number of halogens is 1. The van der Waals surface area contributed by atoms with E-state index in [0.717, 1.165) is 15.0 Å². The van der Waals surface area contributed by atoms with Crippen LogP contribution in [0.25, 0.3) is 6.08 Å². The van der Waals surface area contributed by atoms with Crippen molar-refractivity contribution in [1.29, 1.82) is 0 Å². The number of hydrogen-bond donors (Lipinski definition) is 0. The molecule has 1 amide bonds. The Morgan fingerprint density at radius 3 is 2.37 bits per heavy atom. The topological polar surface area (TPSA) is 45.8 Å². The van der Waals surface area contributed by atoms with Crippen LogP contribution >= 0.6 is 34.4 Å². The molecule has 1 saturated heterocycles. The highest BCUT2D eigenvalue weighted by Gasteiger charge is 2.33. The molecule has 4 nitrogen and oxygen atoms in total. The van der Waals surface area contributed by atoms with Gasteiger partial charge in [0.25, 0.3) is 5.91 Å². The van der Waals surface area contributed by atoms with Crippen LogP contribution in [0, 0.1) is 3.77 Å². The number of carbonyl (C=O) groups is 1. The van der Waals surface area contributed by atoms with Gasteiger partial charge in [-0.3, -0.25) is 9.69 Å². The van der Waals surface area contributed by atoms with E-state index in [9.17, 15) is 4.79 Å². The number of aliphatic imine (C=N–C) groups is 1. The molecule has 0 bridgehead atoms. The van der Waals surface area contributed by atoms with Gasteiger partial charge in [-0.1, -0.05) is 48.5 Å². The van der Waals surface area contributed by atoms with Gasteiger partial charge in [-0.15, -0.1) is 0 Å². The van der Waals surface area contributed by atoms with E-state index in [1.165, 1.54) is 11.8 Å². The number of furan rings is 1. The Bertz CT molecular complexity index is 1010. The maximum absolute atomic E-state index is 13.0. The Labute approximate surface area is 175 Å². The van der Waals surface area contributed by atoms with E-state index in [1.807, 2.05) is 72.8 Å². The molecule has 134 valence electrons. The van der Waals surface area contributed by atoms with Gasteiger partial charge in [0, 0.05) is 6.08 Å². The van der Waals surface area contributed by atoms with Gasteiger partial charge >= 0.3 is 0 Å². The first-order chi connectivity index (χ1) is 13.2. The molecule has 1 aliphatic rings. The minimum absolute atomic E-state index is 0.0649. The third-order valence-corrected chi connectivity index (χ3v) is 5.51. The highest BCUT2D eigenvalue weighted by Crippen LogP contribution is 2.35. The van der Waals surface area contributed by atoms with Crippen LogP contribution in [0.5, 0.6) is 0 Å². The summed E-state index contributed by atoms with van der Waals surface area (Å²) in [7, 11) is 0. The van der Waals surface area contributed by atoms with Crippen LogP contribution in [0.4, 0.5) is 5.69 Å². The molecule has 1 aliphatic heterocycles. The number of para-hydroxylation sites is 1. The second-order valence-electron chi connectivity index (χ2n) is 5.86. The van der Waals surface area contributed by atoms with Gasteiger partial charge < -0.3 is 4.42 Å². The fourth-order valence-corrected chi connectivity index (χ4v) is 4.06. The fraction of sp³-hybridized carbons (Fsp3) is 0.0476. The summed E-state index contributed by atoms with van der Waals surface area (Å²) in [5, 5.41) is 0.669. The third kappa shape index (κ3) is 4.33. The van der Waals surface area contributed by atoms with Crippen LogP contribution in [0.2, 0.25) is 0 Å². The van der Waals surface area contributed by atoms with Gasteiger partial charge in [0.1, 0.15) is 5.76 Å². The summed E-state index contributed by atoms with van der Waals surface area (Å²) in [4.78, 5) is 20.0. The average Bonchev–Trinajstić information content (AvgIpc) is 3.22. The first kappa shape index (κ1) is 18.1. The minimum Gasteiger partial charge on any atom is -0.451 e. The quantitative estimate of drug-likeness (QED) is 0.352. The predicted octanol–water partition coefficient (Wildman–Crippen LogP) is 5.69. The summed E-state index contributed by atoms with van der Waals surface area (Å²) < 4.78 is 6.37. The van der Waals surface area contributed by atoms with Crippen LogP contribution in [0.1, 0.15) is 11.3 Å². The molecule has 4 rings (SSSR count). The number of benzene rings is 2. The molecule has 27 heavy (non-hydrogen) atoms. The Morgan fingerprint density at radius 1 is 1.00 bits per heavy atom. The summed E-state index contributed by atoms with van der Waals surface area (Å²) in [6.07, 6.45) is 1.78. The lowest BCUT2D eigenvalue weighted by molar-refractivity contribution is -0.122. The first-order valence-corrected chi connectivity index (χ1v) is 10.2. The lowest BCUT2D eigenvalue weighted by atomic mass is 10.2. The Balaban J connectivity index is 1.69. The van der Waals surface area contributed by atoms with Crippen molar-refractivity contribution in [2.45, 2.75) is 6.54 Å². The molecule has 0 saturated carbocycles. The van der Waals surface area contributed by atoms with Gasteiger partial charge in [-0.2, -0.15) is 0 Å². The lowest BCUT2D eigenvalue weighted by Crippen LogP contribution is -2.28. The van der Waals surface area contributed by atoms with E-state index in [0.29, 0.717) is 22.4 Å². The second kappa shape index (κ2) is 8.14. The zero-order valence-corrected chi connectivity index (χ0v) is 17.2. The maximum Gasteiger partial charge on any atom is 0.267 e. The van der Waals surface area contributed by atoms with Crippen molar-refractivity contribution in [3.8, 4) is 0 Å². The number of thioether (sulfide) groups is 1. The van der Waals surface area contributed by atoms with Crippen molar-refractivity contribution in [1.82, 2.24) is 4.90 Å². The summed E-state index contributed by atoms with van der Waals surface area (Å²) in [5.41, 5.74) is 1.88. The van der Waals surface area contributed by atoms with Crippen molar-refractivity contribution in [3.63, 3.8) is 0 Å². The highest BCUT2D eigenvalue weighted by atomic mass is 127. The number of nitrogens with zero attached hydrogens (tertiary/aromatic N) is 2. The van der Waals surface area contributed by atoms with Gasteiger partial charge in [-0.25, -0.2) is 4.99 Å². The van der Waals surface area contributed by atoms with Gasteiger partial charge in [0.05, 0.1) is 17.1 Å². The molecule has 6 heteroatoms. The van der Waals surface area contributed by atoms with Crippen molar-refractivity contribution >= 4 is 57.2 Å². The molecule has 2 aromatic carbocycles. The molecule has 0 spiro atoms. The molecule has 2 heterocycles. The van der Waals surface area contributed by atoms with Crippen LogP contribution in [-0.2, 0) is 11.3 Å². The number of rotatable bonds is 4.